The minimum Gasteiger partial charge on any atom is -0.481 e. The molecule has 3 atom stereocenters. The second kappa shape index (κ2) is 22.8. The van der Waals surface area contributed by atoms with Crippen LogP contribution >= 0.6 is 0 Å². The van der Waals surface area contributed by atoms with E-state index in [1.54, 1.807) is 0 Å². The van der Waals surface area contributed by atoms with Crippen molar-refractivity contribution in [1.82, 2.24) is 5.32 Å². The predicted molar refractivity (Wildman–Crippen MR) is 142 cm³/mol. The number of unbranched alkanes of at least 4 members (excludes halogenated alkanes) is 12. The molecule has 0 aromatic rings. The lowest BCUT2D eigenvalue weighted by atomic mass is 9.90. The van der Waals surface area contributed by atoms with Crippen molar-refractivity contribution in [3.63, 3.8) is 0 Å². The maximum absolute atomic E-state index is 12.4. The van der Waals surface area contributed by atoms with E-state index >= 15 is 0 Å². The van der Waals surface area contributed by atoms with Gasteiger partial charge in [0, 0.05) is 12.8 Å². The number of aliphatic carboxylic acids is 2. The third-order valence-corrected chi connectivity index (χ3v) is 6.53. The van der Waals surface area contributed by atoms with Crippen LogP contribution in [0.15, 0.2) is 0 Å². The van der Waals surface area contributed by atoms with E-state index < -0.39 is 41.6 Å². The number of Topliss-reactive ketones (excluding diaryl/α,β-unsaturated/α-hetero) is 1. The van der Waals surface area contributed by atoms with Crippen LogP contribution in [0.4, 0.5) is 0 Å². The fraction of sp³-hybridized carbons (Fsp3) is 0.815. The maximum atomic E-state index is 12.4. The van der Waals surface area contributed by atoms with Crippen LogP contribution in [0, 0.1) is 5.92 Å². The highest BCUT2D eigenvalue weighted by atomic mass is 16.4. The maximum Gasteiger partial charge on any atom is 0.326 e. The summed E-state index contributed by atoms with van der Waals surface area (Å²) in [6.45, 7) is 0.477. The minimum absolute atomic E-state index is 0.198. The van der Waals surface area contributed by atoms with Crippen LogP contribution in [0.1, 0.15) is 116 Å². The summed E-state index contributed by atoms with van der Waals surface area (Å²) >= 11 is 0. The van der Waals surface area contributed by atoms with E-state index in [2.05, 4.69) is 5.32 Å². The fourth-order valence-corrected chi connectivity index (χ4v) is 4.24. The molecule has 10 heteroatoms. The van der Waals surface area contributed by atoms with Crippen LogP contribution < -0.4 is 16.8 Å². The number of carboxylic acids is 2. The summed E-state index contributed by atoms with van der Waals surface area (Å²) in [7, 11) is 0. The molecule has 37 heavy (non-hydrogen) atoms. The zero-order valence-electron chi connectivity index (χ0n) is 22.3. The quantitative estimate of drug-likeness (QED) is 0.0638. The molecule has 0 aromatic heterocycles. The summed E-state index contributed by atoms with van der Waals surface area (Å²) in [5.74, 6) is -4.10. The van der Waals surface area contributed by atoms with E-state index in [1.165, 1.54) is 19.3 Å². The Kier molecular flexibility index (Phi) is 21.4. The fourth-order valence-electron chi connectivity index (χ4n) is 4.24. The third kappa shape index (κ3) is 19.4. The first-order valence-corrected chi connectivity index (χ1v) is 13.9. The summed E-state index contributed by atoms with van der Waals surface area (Å²) < 4.78 is 0. The zero-order valence-corrected chi connectivity index (χ0v) is 22.3. The Bertz CT molecular complexity index is 672. The van der Waals surface area contributed by atoms with Crippen LogP contribution in [0.25, 0.3) is 0 Å². The van der Waals surface area contributed by atoms with Gasteiger partial charge in [0.2, 0.25) is 5.91 Å². The first-order chi connectivity index (χ1) is 17.7. The van der Waals surface area contributed by atoms with E-state index in [4.69, 9.17) is 16.6 Å². The molecule has 1 amide bonds. The Morgan fingerprint density at radius 2 is 1.22 bits per heavy atom. The van der Waals surface area contributed by atoms with Gasteiger partial charge in [-0.1, -0.05) is 70.6 Å². The number of carboxylic acid groups (broad SMARTS) is 2. The number of amides is 1. The van der Waals surface area contributed by atoms with Crippen molar-refractivity contribution >= 4 is 29.9 Å². The second-order valence-corrected chi connectivity index (χ2v) is 9.87. The van der Waals surface area contributed by atoms with Crippen molar-refractivity contribution in [2.24, 2.45) is 17.4 Å². The van der Waals surface area contributed by atoms with Crippen molar-refractivity contribution in [2.75, 3.05) is 6.54 Å². The molecule has 0 fully saturated rings. The van der Waals surface area contributed by atoms with E-state index in [-0.39, 0.29) is 19.3 Å². The van der Waals surface area contributed by atoms with Crippen molar-refractivity contribution in [1.29, 1.82) is 0 Å². The largest absolute Gasteiger partial charge is 0.481 e. The lowest BCUT2D eigenvalue weighted by Crippen LogP contribution is -2.45. The second-order valence-electron chi connectivity index (χ2n) is 9.87. The number of carbonyl (C=O) groups is 5. The Balaban J connectivity index is 4.02. The predicted octanol–water partition coefficient (Wildman–Crippen LogP) is 3.33. The number of aldehydes is 1. The van der Waals surface area contributed by atoms with Gasteiger partial charge in [-0.25, -0.2) is 4.79 Å². The van der Waals surface area contributed by atoms with Crippen LogP contribution in [0.3, 0.4) is 0 Å². The number of nitrogens with two attached hydrogens (primary N) is 2. The number of hydrogen-bond donors (Lipinski definition) is 5. The van der Waals surface area contributed by atoms with Gasteiger partial charge in [0.1, 0.15) is 12.3 Å². The summed E-state index contributed by atoms with van der Waals surface area (Å²) in [6, 6.07) is -2.18. The van der Waals surface area contributed by atoms with Crippen molar-refractivity contribution in [3.8, 4) is 0 Å². The molecule has 0 heterocycles. The third-order valence-electron chi connectivity index (χ3n) is 6.53. The smallest absolute Gasteiger partial charge is 0.326 e. The zero-order chi connectivity index (χ0) is 27.9. The van der Waals surface area contributed by atoms with Gasteiger partial charge in [0.05, 0.1) is 12.0 Å². The minimum atomic E-state index is -1.32. The SMILES string of the molecule is NCCCC[C@H](N)C(=O)C(C=O)C[C@H](NC(=O)CCCCCCCCCCCCCCC(=O)O)C(=O)O. The molecular weight excluding hydrogens is 478 g/mol. The Morgan fingerprint density at radius 1 is 0.730 bits per heavy atom. The van der Waals surface area contributed by atoms with Gasteiger partial charge < -0.3 is 31.8 Å². The molecule has 0 radical (unpaired) electrons. The van der Waals surface area contributed by atoms with E-state index in [0.717, 1.165) is 51.4 Å². The van der Waals surface area contributed by atoms with Gasteiger partial charge in [-0.2, -0.15) is 0 Å². The van der Waals surface area contributed by atoms with Crippen LogP contribution in [-0.4, -0.2) is 58.8 Å². The van der Waals surface area contributed by atoms with Crippen molar-refractivity contribution < 1.29 is 34.2 Å². The number of ketones is 1. The molecule has 0 aliphatic rings. The van der Waals surface area contributed by atoms with Gasteiger partial charge in [-0.15, -0.1) is 0 Å². The van der Waals surface area contributed by atoms with Gasteiger partial charge >= 0.3 is 11.9 Å². The highest BCUT2D eigenvalue weighted by molar-refractivity contribution is 5.97. The highest BCUT2D eigenvalue weighted by Crippen LogP contribution is 2.14. The first kappa shape index (κ1) is 34.7. The molecule has 0 rings (SSSR count). The van der Waals surface area contributed by atoms with Crippen molar-refractivity contribution in [2.45, 2.75) is 128 Å². The molecule has 0 saturated carbocycles. The molecule has 0 aliphatic carbocycles. The van der Waals surface area contributed by atoms with Crippen molar-refractivity contribution in [3.05, 3.63) is 0 Å². The van der Waals surface area contributed by atoms with Gasteiger partial charge in [0.25, 0.3) is 0 Å². The number of rotatable bonds is 26. The van der Waals surface area contributed by atoms with E-state index in [1.807, 2.05) is 0 Å². The van der Waals surface area contributed by atoms with Gasteiger partial charge in [-0.3, -0.25) is 14.4 Å². The molecule has 0 saturated heterocycles. The summed E-state index contributed by atoms with van der Waals surface area (Å²) in [5, 5.41) is 20.5. The van der Waals surface area contributed by atoms with Crippen LogP contribution in [-0.2, 0) is 24.0 Å². The average molecular weight is 528 g/mol. The summed E-state index contributed by atoms with van der Waals surface area (Å²) in [4.78, 5) is 58.1. The standard InChI is InChI=1S/C27H49N3O7/c28-18-14-13-15-22(29)26(35)21(20-31)19-23(27(36)37)30-24(32)16-11-9-7-5-3-1-2-4-6-8-10-12-17-25(33)34/h20-23H,1-19,28-29H2,(H,30,32)(H,33,34)(H,36,37)/t21?,22-,23-/m0/s1. The Labute approximate surface area is 221 Å². The molecule has 0 bridgehead atoms. The lowest BCUT2D eigenvalue weighted by molar-refractivity contribution is -0.143. The topological polar surface area (TPSA) is 190 Å². The number of nitrogens with one attached hydrogen (secondary N) is 1. The molecule has 0 aliphatic heterocycles. The van der Waals surface area contributed by atoms with Crippen LogP contribution in [0.5, 0.6) is 0 Å². The van der Waals surface area contributed by atoms with Crippen LogP contribution in [0.2, 0.25) is 0 Å². The summed E-state index contributed by atoms with van der Waals surface area (Å²) in [6.07, 6.45) is 14.6. The molecule has 1 unspecified atom stereocenters. The Hall–Kier alpha value is -2.33. The molecule has 214 valence electrons. The lowest BCUT2D eigenvalue weighted by Gasteiger charge is -2.20. The van der Waals surface area contributed by atoms with E-state index in [0.29, 0.717) is 38.5 Å². The molecule has 0 aromatic carbocycles. The number of carbonyl (C=O) groups excluding carboxylic acids is 3. The number of hydrogen-bond acceptors (Lipinski definition) is 7. The normalized spacial score (nSPS) is 13.5. The average Bonchev–Trinajstić information content (AvgIpc) is 2.85. The highest BCUT2D eigenvalue weighted by Gasteiger charge is 2.30. The van der Waals surface area contributed by atoms with Gasteiger partial charge in [-0.05, 0) is 38.6 Å². The van der Waals surface area contributed by atoms with Gasteiger partial charge in [0.15, 0.2) is 5.78 Å². The molecule has 10 nitrogen and oxygen atoms in total. The summed E-state index contributed by atoms with van der Waals surface area (Å²) in [5.41, 5.74) is 11.3. The molecule has 0 spiro atoms. The Morgan fingerprint density at radius 3 is 1.65 bits per heavy atom. The first-order valence-electron chi connectivity index (χ1n) is 13.9. The molecule has 7 N–H and O–H groups in total. The monoisotopic (exact) mass is 527 g/mol. The van der Waals surface area contributed by atoms with E-state index in [9.17, 15) is 29.1 Å². The molecular formula is C27H49N3O7.